The number of nitrogens with zero attached hydrogens (tertiary/aromatic N) is 2. The Labute approximate surface area is 121 Å². The third kappa shape index (κ3) is 3.13. The van der Waals surface area contributed by atoms with Crippen LogP contribution in [0, 0.1) is 6.92 Å². The molecule has 2 aromatic rings. The first-order valence-corrected chi connectivity index (χ1v) is 7.34. The molecule has 108 valence electrons. The van der Waals surface area contributed by atoms with Crippen molar-refractivity contribution in [3.05, 3.63) is 35.5 Å². The van der Waals surface area contributed by atoms with E-state index in [9.17, 15) is 0 Å². The van der Waals surface area contributed by atoms with Crippen molar-refractivity contribution in [2.75, 3.05) is 11.1 Å². The third-order valence-corrected chi connectivity index (χ3v) is 3.51. The van der Waals surface area contributed by atoms with Crippen LogP contribution in [0.3, 0.4) is 0 Å². The summed E-state index contributed by atoms with van der Waals surface area (Å²) in [7, 11) is 0. The standard InChI is InChI=1S/C16H24N4/c1-4-6-7-13-8-10-14(11-9-13)18-16-15(17)12(3)19-20(16)5-2/h8-11,18H,4-7,17H2,1-3H3. The molecule has 0 atom stereocenters. The lowest BCUT2D eigenvalue weighted by molar-refractivity contribution is 0.661. The summed E-state index contributed by atoms with van der Waals surface area (Å²) in [6, 6.07) is 8.56. The highest BCUT2D eigenvalue weighted by atomic mass is 15.3. The number of hydrogen-bond donors (Lipinski definition) is 2. The van der Waals surface area contributed by atoms with Crippen molar-refractivity contribution in [2.24, 2.45) is 0 Å². The van der Waals surface area contributed by atoms with E-state index in [-0.39, 0.29) is 0 Å². The Bertz CT molecular complexity index is 555. The molecule has 4 heteroatoms. The zero-order valence-corrected chi connectivity index (χ0v) is 12.6. The van der Waals surface area contributed by atoms with E-state index >= 15 is 0 Å². The minimum absolute atomic E-state index is 0.724. The molecule has 3 N–H and O–H groups in total. The SMILES string of the molecule is CCCCc1ccc(Nc2c(N)c(C)nn2CC)cc1. The maximum absolute atomic E-state index is 6.08. The molecule has 0 fully saturated rings. The average Bonchev–Trinajstić information content (AvgIpc) is 2.74. The smallest absolute Gasteiger partial charge is 0.152 e. The van der Waals surface area contributed by atoms with Crippen LogP contribution in [0.5, 0.6) is 0 Å². The number of benzene rings is 1. The van der Waals surface area contributed by atoms with Gasteiger partial charge in [-0.3, -0.25) is 0 Å². The Morgan fingerprint density at radius 3 is 2.50 bits per heavy atom. The van der Waals surface area contributed by atoms with Gasteiger partial charge >= 0.3 is 0 Å². The van der Waals surface area contributed by atoms with E-state index in [4.69, 9.17) is 5.73 Å². The molecule has 4 nitrogen and oxygen atoms in total. The molecule has 0 saturated heterocycles. The van der Waals surface area contributed by atoms with Crippen molar-refractivity contribution in [1.29, 1.82) is 0 Å². The molecule has 1 heterocycles. The van der Waals surface area contributed by atoms with Crippen LogP contribution in [0.25, 0.3) is 0 Å². The molecule has 0 bridgehead atoms. The molecule has 0 aliphatic carbocycles. The lowest BCUT2D eigenvalue weighted by Gasteiger charge is -2.10. The fourth-order valence-electron chi connectivity index (χ4n) is 2.23. The van der Waals surface area contributed by atoms with E-state index in [0.717, 1.165) is 35.9 Å². The van der Waals surface area contributed by atoms with Gasteiger partial charge in [-0.15, -0.1) is 0 Å². The summed E-state index contributed by atoms with van der Waals surface area (Å²) in [5.41, 5.74) is 10.1. The highest BCUT2D eigenvalue weighted by Crippen LogP contribution is 2.26. The van der Waals surface area contributed by atoms with E-state index in [1.165, 1.54) is 18.4 Å². The van der Waals surface area contributed by atoms with E-state index in [0.29, 0.717) is 0 Å². The minimum Gasteiger partial charge on any atom is -0.394 e. The van der Waals surface area contributed by atoms with Gasteiger partial charge in [0.05, 0.1) is 11.4 Å². The number of hydrogen-bond acceptors (Lipinski definition) is 3. The van der Waals surface area contributed by atoms with Gasteiger partial charge in [-0.25, -0.2) is 4.68 Å². The van der Waals surface area contributed by atoms with Crippen LogP contribution in [0.2, 0.25) is 0 Å². The number of aromatic nitrogens is 2. The number of rotatable bonds is 6. The van der Waals surface area contributed by atoms with Crippen molar-refractivity contribution >= 4 is 17.2 Å². The fraction of sp³-hybridized carbons (Fsp3) is 0.438. The van der Waals surface area contributed by atoms with E-state index in [1.54, 1.807) is 0 Å². The molecule has 0 saturated carbocycles. The molecule has 0 aliphatic heterocycles. The molecule has 0 radical (unpaired) electrons. The van der Waals surface area contributed by atoms with E-state index in [2.05, 4.69) is 48.5 Å². The van der Waals surface area contributed by atoms with Crippen molar-refractivity contribution < 1.29 is 0 Å². The average molecular weight is 272 g/mol. The first kappa shape index (κ1) is 14.4. The van der Waals surface area contributed by atoms with Crippen LogP contribution in [0.15, 0.2) is 24.3 Å². The van der Waals surface area contributed by atoms with Gasteiger partial charge in [0.2, 0.25) is 0 Å². The Morgan fingerprint density at radius 2 is 1.90 bits per heavy atom. The number of nitrogen functional groups attached to an aromatic ring is 1. The summed E-state index contributed by atoms with van der Waals surface area (Å²) < 4.78 is 1.90. The molecule has 0 amide bonds. The van der Waals surface area contributed by atoms with Crippen LogP contribution in [0.1, 0.15) is 37.9 Å². The van der Waals surface area contributed by atoms with Gasteiger partial charge in [0.25, 0.3) is 0 Å². The second-order valence-corrected chi connectivity index (χ2v) is 5.09. The Hall–Kier alpha value is -1.97. The molecule has 0 spiro atoms. The molecular weight excluding hydrogens is 248 g/mol. The second kappa shape index (κ2) is 6.46. The first-order chi connectivity index (χ1) is 9.65. The maximum atomic E-state index is 6.08. The quantitative estimate of drug-likeness (QED) is 0.839. The maximum Gasteiger partial charge on any atom is 0.152 e. The largest absolute Gasteiger partial charge is 0.394 e. The Kier molecular flexibility index (Phi) is 4.66. The summed E-state index contributed by atoms with van der Waals surface area (Å²) >= 11 is 0. The predicted octanol–water partition coefficient (Wildman–Crippen LogP) is 3.88. The number of anilines is 3. The lowest BCUT2D eigenvalue weighted by atomic mass is 10.1. The predicted molar refractivity (Wildman–Crippen MR) is 85.4 cm³/mol. The van der Waals surface area contributed by atoms with Gasteiger partial charge in [-0.1, -0.05) is 25.5 Å². The summed E-state index contributed by atoms with van der Waals surface area (Å²) in [6.45, 7) is 7.01. The van der Waals surface area contributed by atoms with Crippen molar-refractivity contribution in [3.8, 4) is 0 Å². The van der Waals surface area contributed by atoms with Gasteiger partial charge in [-0.05, 0) is 44.4 Å². The molecule has 20 heavy (non-hydrogen) atoms. The van der Waals surface area contributed by atoms with Gasteiger partial charge in [-0.2, -0.15) is 5.10 Å². The first-order valence-electron chi connectivity index (χ1n) is 7.34. The van der Waals surface area contributed by atoms with Crippen LogP contribution in [0.4, 0.5) is 17.2 Å². The fourth-order valence-corrected chi connectivity index (χ4v) is 2.23. The van der Waals surface area contributed by atoms with Gasteiger partial charge in [0.15, 0.2) is 5.82 Å². The van der Waals surface area contributed by atoms with Crippen molar-refractivity contribution in [1.82, 2.24) is 9.78 Å². The van der Waals surface area contributed by atoms with Crippen LogP contribution < -0.4 is 11.1 Å². The van der Waals surface area contributed by atoms with Crippen LogP contribution >= 0.6 is 0 Å². The summed E-state index contributed by atoms with van der Waals surface area (Å²) in [5, 5.41) is 7.78. The molecule has 0 unspecified atom stereocenters. The highest BCUT2D eigenvalue weighted by molar-refractivity contribution is 5.71. The summed E-state index contributed by atoms with van der Waals surface area (Å²) in [6.07, 6.45) is 3.61. The number of unbranched alkanes of at least 4 members (excludes halogenated alkanes) is 1. The normalized spacial score (nSPS) is 10.8. The molecule has 0 aliphatic rings. The molecular formula is C16H24N4. The minimum atomic E-state index is 0.724. The lowest BCUT2D eigenvalue weighted by Crippen LogP contribution is -2.04. The van der Waals surface area contributed by atoms with E-state index in [1.807, 2.05) is 11.6 Å². The zero-order chi connectivity index (χ0) is 14.5. The number of nitrogens with two attached hydrogens (primary N) is 1. The van der Waals surface area contributed by atoms with Gasteiger partial charge < -0.3 is 11.1 Å². The van der Waals surface area contributed by atoms with Crippen LogP contribution in [-0.2, 0) is 13.0 Å². The van der Waals surface area contributed by atoms with E-state index < -0.39 is 0 Å². The van der Waals surface area contributed by atoms with Crippen molar-refractivity contribution in [2.45, 2.75) is 46.6 Å². The molecule has 1 aromatic carbocycles. The second-order valence-electron chi connectivity index (χ2n) is 5.09. The number of aryl methyl sites for hydroxylation is 3. The highest BCUT2D eigenvalue weighted by Gasteiger charge is 2.11. The molecule has 1 aromatic heterocycles. The summed E-state index contributed by atoms with van der Waals surface area (Å²) in [4.78, 5) is 0. The zero-order valence-electron chi connectivity index (χ0n) is 12.6. The monoisotopic (exact) mass is 272 g/mol. The Balaban J connectivity index is 2.14. The number of nitrogens with one attached hydrogen (secondary N) is 1. The topological polar surface area (TPSA) is 55.9 Å². The van der Waals surface area contributed by atoms with Gasteiger partial charge in [0, 0.05) is 12.2 Å². The van der Waals surface area contributed by atoms with Crippen LogP contribution in [-0.4, -0.2) is 9.78 Å². The molecule has 2 rings (SSSR count). The van der Waals surface area contributed by atoms with Gasteiger partial charge in [0.1, 0.15) is 0 Å². The Morgan fingerprint density at radius 1 is 1.20 bits per heavy atom. The van der Waals surface area contributed by atoms with Crippen molar-refractivity contribution in [3.63, 3.8) is 0 Å². The summed E-state index contributed by atoms with van der Waals surface area (Å²) in [5.74, 6) is 0.881. The third-order valence-electron chi connectivity index (χ3n) is 3.51.